The molecular weight excluding hydrogens is 313 g/mol. The van der Waals surface area contributed by atoms with Gasteiger partial charge in [0.15, 0.2) is 0 Å². The average molecular weight is 326 g/mol. The van der Waals surface area contributed by atoms with E-state index < -0.39 is 12.0 Å². The second-order valence-corrected chi connectivity index (χ2v) is 5.73. The molecule has 0 unspecified atom stereocenters. The number of amides is 2. The first-order valence-electron chi connectivity index (χ1n) is 6.31. The minimum absolute atomic E-state index is 0.0711. The van der Waals surface area contributed by atoms with Crippen LogP contribution < -0.4 is 5.32 Å². The van der Waals surface area contributed by atoms with Gasteiger partial charge in [0.05, 0.1) is 22.0 Å². The second-order valence-electron chi connectivity index (χ2n) is 4.92. The molecule has 0 aliphatic carbocycles. The van der Waals surface area contributed by atoms with E-state index in [1.54, 1.807) is 25.2 Å². The van der Waals surface area contributed by atoms with Crippen molar-refractivity contribution in [2.45, 2.75) is 12.5 Å². The predicted molar refractivity (Wildman–Crippen MR) is 78.7 cm³/mol. The van der Waals surface area contributed by atoms with Crippen LogP contribution in [-0.4, -0.2) is 30.3 Å². The zero-order valence-corrected chi connectivity index (χ0v) is 12.8. The molecule has 2 amide bonds. The molecule has 21 heavy (non-hydrogen) atoms. The summed E-state index contributed by atoms with van der Waals surface area (Å²) in [5, 5.41) is 12.5. The highest BCUT2D eigenvalue weighted by Crippen LogP contribution is 2.26. The van der Waals surface area contributed by atoms with E-state index >= 15 is 0 Å². The molecule has 0 bridgehead atoms. The maximum atomic E-state index is 12.1. The molecule has 0 aromatic heterocycles. The van der Waals surface area contributed by atoms with Crippen LogP contribution in [0.25, 0.3) is 0 Å². The Balaban J connectivity index is 2.09. The molecule has 0 spiro atoms. The molecule has 1 saturated heterocycles. The number of halogens is 2. The fraction of sp³-hybridized carbons (Fsp3) is 0.357. The van der Waals surface area contributed by atoms with Crippen molar-refractivity contribution in [3.8, 4) is 6.07 Å². The fourth-order valence-electron chi connectivity index (χ4n) is 2.18. The Morgan fingerprint density at radius 2 is 2.19 bits per heavy atom. The summed E-state index contributed by atoms with van der Waals surface area (Å²) in [6.07, 6.45) is 0.169. The molecule has 1 aromatic carbocycles. The van der Waals surface area contributed by atoms with E-state index in [2.05, 4.69) is 5.32 Å². The van der Waals surface area contributed by atoms with E-state index in [0.717, 1.165) is 0 Å². The van der Waals surface area contributed by atoms with E-state index in [4.69, 9.17) is 23.2 Å². The third-order valence-electron chi connectivity index (χ3n) is 3.40. The van der Waals surface area contributed by atoms with Gasteiger partial charge in [0.1, 0.15) is 6.04 Å². The molecule has 1 fully saturated rings. The van der Waals surface area contributed by atoms with E-state index in [0.29, 0.717) is 22.2 Å². The van der Waals surface area contributed by atoms with Gasteiger partial charge in [-0.25, -0.2) is 0 Å². The quantitative estimate of drug-likeness (QED) is 0.925. The lowest BCUT2D eigenvalue weighted by molar-refractivity contribution is -0.128. The number of rotatable bonds is 3. The Kier molecular flexibility index (Phi) is 4.71. The summed E-state index contributed by atoms with van der Waals surface area (Å²) < 4.78 is 0. The maximum Gasteiger partial charge on any atom is 0.226 e. The first-order valence-corrected chi connectivity index (χ1v) is 7.07. The molecule has 2 rings (SSSR count). The number of likely N-dealkylation sites (tertiary alicyclic amines) is 1. The highest BCUT2D eigenvalue weighted by molar-refractivity contribution is 6.42. The van der Waals surface area contributed by atoms with Crippen molar-refractivity contribution >= 4 is 35.0 Å². The molecule has 7 heteroatoms. The molecule has 5 nitrogen and oxygen atoms in total. The Morgan fingerprint density at radius 1 is 1.48 bits per heavy atom. The monoisotopic (exact) mass is 325 g/mol. The van der Waals surface area contributed by atoms with Crippen LogP contribution in [0.1, 0.15) is 18.0 Å². The summed E-state index contributed by atoms with van der Waals surface area (Å²) in [6.45, 7) is 0.365. The highest BCUT2D eigenvalue weighted by atomic mass is 35.5. The molecule has 1 aromatic rings. The van der Waals surface area contributed by atoms with Crippen LogP contribution in [0.2, 0.25) is 10.0 Å². The normalized spacial score (nSPS) is 19.2. The summed E-state index contributed by atoms with van der Waals surface area (Å²) in [6, 6.07) is 5.93. The predicted octanol–water partition coefficient (Wildman–Crippen LogP) is 2.15. The fourth-order valence-corrected chi connectivity index (χ4v) is 2.49. The number of nitriles is 1. The van der Waals surface area contributed by atoms with Crippen LogP contribution in [0.15, 0.2) is 18.2 Å². The van der Waals surface area contributed by atoms with Gasteiger partial charge in [0.25, 0.3) is 0 Å². The van der Waals surface area contributed by atoms with E-state index in [1.807, 2.05) is 6.07 Å². The Labute approximate surface area is 132 Å². The van der Waals surface area contributed by atoms with Crippen LogP contribution in [-0.2, 0) is 9.59 Å². The smallest absolute Gasteiger partial charge is 0.226 e. The first kappa shape index (κ1) is 15.6. The minimum atomic E-state index is -0.826. The largest absolute Gasteiger partial charge is 0.345 e. The number of benzene rings is 1. The van der Waals surface area contributed by atoms with Crippen molar-refractivity contribution in [1.29, 1.82) is 5.26 Å². The van der Waals surface area contributed by atoms with Crippen molar-refractivity contribution in [2.24, 2.45) is 5.92 Å². The average Bonchev–Trinajstić information content (AvgIpc) is 2.79. The number of carbonyl (C=O) groups excluding carboxylic acids is 2. The maximum absolute atomic E-state index is 12.1. The van der Waals surface area contributed by atoms with Gasteiger partial charge in [-0.05, 0) is 17.7 Å². The topological polar surface area (TPSA) is 73.2 Å². The summed E-state index contributed by atoms with van der Waals surface area (Å²) in [7, 11) is 1.65. The van der Waals surface area contributed by atoms with Crippen LogP contribution in [0.4, 0.5) is 0 Å². The standard InChI is InChI=1S/C14H13Cl2N3O2/c1-19-7-9(5-13(19)20)14(21)18-12(6-17)8-2-3-10(15)11(16)4-8/h2-4,9,12H,5,7H2,1H3,(H,18,21)/t9-,12-/m0/s1. The zero-order valence-electron chi connectivity index (χ0n) is 11.3. The van der Waals surface area contributed by atoms with Gasteiger partial charge in [0.2, 0.25) is 11.8 Å². The Hall–Kier alpha value is -1.77. The highest BCUT2D eigenvalue weighted by Gasteiger charge is 2.33. The molecular formula is C14H13Cl2N3O2. The van der Waals surface area contributed by atoms with Crippen molar-refractivity contribution in [3.05, 3.63) is 33.8 Å². The van der Waals surface area contributed by atoms with Crippen molar-refractivity contribution < 1.29 is 9.59 Å². The number of nitrogens with one attached hydrogen (secondary N) is 1. The Bertz CT molecular complexity index is 627. The SMILES string of the molecule is CN1C[C@@H](C(=O)N[C@@H](C#N)c2ccc(Cl)c(Cl)c2)CC1=O. The van der Waals surface area contributed by atoms with Crippen molar-refractivity contribution in [2.75, 3.05) is 13.6 Å². The van der Waals surface area contributed by atoms with Crippen LogP contribution in [0, 0.1) is 17.2 Å². The summed E-state index contributed by atoms with van der Waals surface area (Å²) in [5.74, 6) is -0.815. The molecule has 0 radical (unpaired) electrons. The molecule has 2 atom stereocenters. The van der Waals surface area contributed by atoms with E-state index in [1.165, 1.54) is 4.90 Å². The number of hydrogen-bond donors (Lipinski definition) is 1. The van der Waals surface area contributed by atoms with Crippen molar-refractivity contribution in [3.63, 3.8) is 0 Å². The van der Waals surface area contributed by atoms with Gasteiger partial charge in [-0.2, -0.15) is 5.26 Å². The van der Waals surface area contributed by atoms with Gasteiger partial charge in [-0.1, -0.05) is 29.3 Å². The number of carbonyl (C=O) groups is 2. The molecule has 0 saturated carbocycles. The molecule has 110 valence electrons. The van der Waals surface area contributed by atoms with Gasteiger partial charge in [0, 0.05) is 20.0 Å². The zero-order chi connectivity index (χ0) is 15.6. The summed E-state index contributed by atoms with van der Waals surface area (Å²) >= 11 is 11.7. The minimum Gasteiger partial charge on any atom is -0.345 e. The van der Waals surface area contributed by atoms with Gasteiger partial charge < -0.3 is 10.2 Å². The van der Waals surface area contributed by atoms with Crippen molar-refractivity contribution in [1.82, 2.24) is 10.2 Å². The number of hydrogen-bond acceptors (Lipinski definition) is 3. The molecule has 1 aliphatic rings. The van der Waals surface area contributed by atoms with Crippen LogP contribution >= 0.6 is 23.2 Å². The van der Waals surface area contributed by atoms with E-state index in [-0.39, 0.29) is 18.2 Å². The molecule has 1 aliphatic heterocycles. The third-order valence-corrected chi connectivity index (χ3v) is 4.14. The number of nitrogens with zero attached hydrogens (tertiary/aromatic N) is 2. The van der Waals surface area contributed by atoms with Gasteiger partial charge in [-0.15, -0.1) is 0 Å². The van der Waals surface area contributed by atoms with Gasteiger partial charge in [-0.3, -0.25) is 9.59 Å². The van der Waals surface area contributed by atoms with E-state index in [9.17, 15) is 14.9 Å². The lowest BCUT2D eigenvalue weighted by Gasteiger charge is -2.15. The Morgan fingerprint density at radius 3 is 2.71 bits per heavy atom. The lowest BCUT2D eigenvalue weighted by atomic mass is 10.0. The summed E-state index contributed by atoms with van der Waals surface area (Å²) in [5.41, 5.74) is 0.554. The van der Waals surface area contributed by atoms with Crippen LogP contribution in [0.5, 0.6) is 0 Å². The second kappa shape index (κ2) is 6.33. The molecule has 1 heterocycles. The first-order chi connectivity index (χ1) is 9.92. The third kappa shape index (κ3) is 3.46. The van der Waals surface area contributed by atoms with Crippen LogP contribution in [0.3, 0.4) is 0 Å². The molecule has 1 N–H and O–H groups in total. The lowest BCUT2D eigenvalue weighted by Crippen LogP contribution is -2.34. The summed E-state index contributed by atoms with van der Waals surface area (Å²) in [4.78, 5) is 25.1. The van der Waals surface area contributed by atoms with Gasteiger partial charge >= 0.3 is 0 Å².